The van der Waals surface area contributed by atoms with Crippen LogP contribution in [0.4, 0.5) is 10.1 Å². The number of nitrogens with zero attached hydrogens (tertiary/aromatic N) is 1. The summed E-state index contributed by atoms with van der Waals surface area (Å²) in [5, 5.41) is -4.64. The van der Waals surface area contributed by atoms with Crippen LogP contribution in [0.3, 0.4) is 0 Å². The van der Waals surface area contributed by atoms with Gasteiger partial charge >= 0.3 is 0 Å². The Kier molecular flexibility index (Phi) is 2.96. The molecule has 115 valence electrons. The van der Waals surface area contributed by atoms with Gasteiger partial charge in [0.05, 0.1) is 36.8 Å². The molecule has 3 atom stereocenters. The Morgan fingerprint density at radius 2 is 1.69 bits per heavy atom. The minimum absolute atomic E-state index is 0.0102. The molecule has 2 fully saturated rings. The van der Waals surface area contributed by atoms with Crippen molar-refractivity contribution in [2.24, 2.45) is 0 Å². The maximum absolute atomic E-state index is 13.7. The zero-order chi connectivity index (χ0) is 19.4. The lowest BCUT2D eigenvalue weighted by molar-refractivity contribution is -0.139. The van der Waals surface area contributed by atoms with Crippen molar-refractivity contribution in [1.82, 2.24) is 10.2 Å². The maximum atomic E-state index is 13.7. The third-order valence-corrected chi connectivity index (χ3v) is 5.40. The van der Waals surface area contributed by atoms with Crippen molar-refractivity contribution < 1.29 is 18.8 Å². The van der Waals surface area contributed by atoms with E-state index in [4.69, 9.17) is 45.0 Å². The number of nitrogens with two attached hydrogens (primary N) is 1. The van der Waals surface area contributed by atoms with Crippen LogP contribution < -0.4 is 11.1 Å². The number of nitrogen functional groups attached to an aromatic ring is 1. The van der Waals surface area contributed by atoms with E-state index in [2.05, 4.69) is 0 Å². The number of amides is 3. The van der Waals surface area contributed by atoms with E-state index in [1.54, 1.807) is 0 Å². The van der Waals surface area contributed by atoms with E-state index in [0.717, 1.165) is 24.3 Å². The van der Waals surface area contributed by atoms with Gasteiger partial charge in [0.2, 0.25) is 11.8 Å². The summed E-state index contributed by atoms with van der Waals surface area (Å²) in [6.07, 6.45) is 0. The number of anilines is 1. The number of carbonyl (C=O) groups is 3. The predicted molar refractivity (Wildman–Crippen MR) is 94.5 cm³/mol. The van der Waals surface area contributed by atoms with Crippen LogP contribution in [0.1, 0.15) is 15.9 Å². The van der Waals surface area contributed by atoms with Crippen LogP contribution in [0.25, 0.3) is 0 Å². The molecular weight excluding hydrogens is 330 g/mol. The normalized spacial score (nSPS) is 36.8. The molecule has 0 bridgehead atoms. The zero-order valence-electron chi connectivity index (χ0n) is 13.2. The first-order valence-corrected chi connectivity index (χ1v) is 7.44. The number of halogens is 1. The van der Waals surface area contributed by atoms with E-state index < -0.39 is 44.7 Å². The van der Waals surface area contributed by atoms with Gasteiger partial charge in [-0.3, -0.25) is 19.7 Å². The van der Waals surface area contributed by atoms with Crippen molar-refractivity contribution >= 4 is 69.9 Å². The molecule has 3 aliphatic rings. The van der Waals surface area contributed by atoms with E-state index in [9.17, 15) is 18.8 Å². The van der Waals surface area contributed by atoms with E-state index in [1.807, 2.05) is 5.32 Å². The molecule has 13 heteroatoms. The Labute approximate surface area is 155 Å². The molecule has 0 aliphatic carbocycles. The quantitative estimate of drug-likeness (QED) is 0.303. The molecule has 1 aromatic rings. The average Bonchev–Trinajstić information content (AvgIpc) is 2.84. The summed E-state index contributed by atoms with van der Waals surface area (Å²) in [5.74, 6) is -3.90. The fourth-order valence-corrected chi connectivity index (χ4v) is 4.09. The van der Waals surface area contributed by atoms with Crippen LogP contribution in [0, 0.1) is 5.82 Å². The molecule has 0 spiro atoms. The largest absolute Gasteiger partial charge is 0.398 e. The molecule has 2 saturated heterocycles. The van der Waals surface area contributed by atoms with Gasteiger partial charge in [0.1, 0.15) is 20.9 Å². The SMILES string of the molecule is [B]C12[B]C3([B])C([B])([B])C(=O)NC(=O)C3([B])N1C(=O)c1cc(F)cc(N)c12. The topological polar surface area (TPSA) is 92.5 Å². The molecule has 1 aromatic carbocycles. The van der Waals surface area contributed by atoms with Crippen molar-refractivity contribution in [1.29, 1.82) is 0 Å². The molecule has 11 radical (unpaired) electrons. The van der Waals surface area contributed by atoms with Crippen molar-refractivity contribution in [2.45, 2.75) is 21.2 Å². The summed E-state index contributed by atoms with van der Waals surface area (Å²) < 4.78 is 13.7. The number of carbonyl (C=O) groups excluding carboxylic acids is 3. The van der Waals surface area contributed by atoms with Gasteiger partial charge in [0, 0.05) is 16.6 Å². The second-order valence-electron chi connectivity index (χ2n) is 6.82. The van der Waals surface area contributed by atoms with Gasteiger partial charge in [0.25, 0.3) is 5.91 Å². The van der Waals surface area contributed by atoms with Crippen LogP contribution in [0.5, 0.6) is 0 Å². The highest BCUT2D eigenvalue weighted by Crippen LogP contribution is 2.66. The molecule has 3 N–H and O–H groups in total. The first-order valence-electron chi connectivity index (χ1n) is 7.44. The van der Waals surface area contributed by atoms with Crippen molar-refractivity contribution in [3.8, 4) is 0 Å². The summed E-state index contributed by atoms with van der Waals surface area (Å²) in [4.78, 5) is 38.4. The van der Waals surface area contributed by atoms with Crippen molar-refractivity contribution in [3.05, 3.63) is 29.1 Å². The lowest BCUT2D eigenvalue weighted by Gasteiger charge is -2.57. The minimum atomic E-state index is -2.42. The highest BCUT2D eigenvalue weighted by atomic mass is 19.1. The van der Waals surface area contributed by atoms with E-state index in [-0.39, 0.29) is 16.8 Å². The monoisotopic (exact) mass is 336 g/mol. The highest BCUT2D eigenvalue weighted by Gasteiger charge is 2.75. The summed E-state index contributed by atoms with van der Waals surface area (Å²) >= 11 is 0. The molecule has 4 rings (SSSR count). The number of benzene rings is 1. The molecule has 3 aliphatic heterocycles. The van der Waals surface area contributed by atoms with Crippen LogP contribution in [-0.2, 0) is 14.9 Å². The van der Waals surface area contributed by atoms with E-state index >= 15 is 0 Å². The molecule has 3 heterocycles. The predicted octanol–water partition coefficient (Wildman–Crippen LogP) is -2.88. The molecular formula is C13H5B6FN3O3. The number of hydrogen-bond acceptors (Lipinski definition) is 4. The van der Waals surface area contributed by atoms with E-state index in [1.165, 1.54) is 0 Å². The minimum Gasteiger partial charge on any atom is -0.398 e. The van der Waals surface area contributed by atoms with Gasteiger partial charge in [-0.25, -0.2) is 4.39 Å². The molecule has 26 heavy (non-hydrogen) atoms. The number of imide groups is 1. The summed E-state index contributed by atoms with van der Waals surface area (Å²) in [6, 6.07) is 1.87. The number of piperidine rings is 1. The third-order valence-electron chi connectivity index (χ3n) is 5.40. The smallest absolute Gasteiger partial charge is 0.254 e. The van der Waals surface area contributed by atoms with E-state index in [0.29, 0.717) is 0 Å². The molecule has 3 unspecified atom stereocenters. The summed E-state index contributed by atoms with van der Waals surface area (Å²) in [6.45, 7) is 0. The average molecular weight is 335 g/mol. The number of rotatable bonds is 0. The van der Waals surface area contributed by atoms with Crippen molar-refractivity contribution in [2.75, 3.05) is 5.73 Å². The maximum Gasteiger partial charge on any atom is 0.254 e. The van der Waals surface area contributed by atoms with Crippen LogP contribution in [-0.4, -0.2) is 74.6 Å². The van der Waals surface area contributed by atoms with Gasteiger partial charge in [-0.15, -0.1) is 0 Å². The molecule has 6 nitrogen and oxygen atoms in total. The Morgan fingerprint density at radius 1 is 1.08 bits per heavy atom. The molecule has 0 saturated carbocycles. The fourth-order valence-electron chi connectivity index (χ4n) is 4.09. The Hall–Kier alpha value is -2.05. The van der Waals surface area contributed by atoms with Gasteiger partial charge in [-0.2, -0.15) is 0 Å². The number of fused-ring (bicyclic) bond motifs is 5. The number of hydrogen-bond donors (Lipinski definition) is 2. The van der Waals surface area contributed by atoms with Crippen LogP contribution >= 0.6 is 0 Å². The Morgan fingerprint density at radius 3 is 2.31 bits per heavy atom. The Bertz CT molecular complexity index is 944. The van der Waals surface area contributed by atoms with Gasteiger partial charge < -0.3 is 10.6 Å². The molecule has 3 amide bonds. The lowest BCUT2D eigenvalue weighted by atomic mass is 9.15. The van der Waals surface area contributed by atoms with Crippen LogP contribution in [0.2, 0.25) is 10.4 Å². The van der Waals surface area contributed by atoms with Crippen LogP contribution in [0.15, 0.2) is 12.1 Å². The van der Waals surface area contributed by atoms with Crippen molar-refractivity contribution in [3.63, 3.8) is 0 Å². The standard InChI is InChI=1S/C13H5B6FN3O3/c14-10(15)8(25)22-9(26)11(16)13(10,18)19-12(17)6-4(7(24)23(11)12)1-3(20)2-5(6)21/h1-2H,21H2,(H,22,25,26). The third kappa shape index (κ3) is 1.51. The lowest BCUT2D eigenvalue weighted by Crippen LogP contribution is -2.73. The van der Waals surface area contributed by atoms with Gasteiger partial charge in [0.15, 0.2) is 0 Å². The summed E-state index contributed by atoms with van der Waals surface area (Å²) in [7, 11) is 31.6. The van der Waals surface area contributed by atoms with Gasteiger partial charge in [-0.1, -0.05) is 5.21 Å². The molecule has 0 aromatic heterocycles. The summed E-state index contributed by atoms with van der Waals surface area (Å²) in [5.41, 5.74) is 3.08. The second kappa shape index (κ2) is 4.43. The first kappa shape index (κ1) is 17.4. The second-order valence-corrected chi connectivity index (χ2v) is 6.82. The number of nitrogens with one attached hydrogen (secondary N) is 1. The first-order chi connectivity index (χ1) is 11.8. The highest BCUT2D eigenvalue weighted by molar-refractivity contribution is 6.78. The zero-order valence-corrected chi connectivity index (χ0v) is 13.2. The Balaban J connectivity index is 2.05. The fraction of sp³-hybridized carbons (Fsp3) is 0.308. The van der Waals surface area contributed by atoms with Gasteiger partial charge in [-0.05, 0) is 22.9 Å².